The first kappa shape index (κ1) is 22.4. The van der Waals surface area contributed by atoms with Crippen molar-refractivity contribution in [2.75, 3.05) is 18.1 Å². The van der Waals surface area contributed by atoms with E-state index in [9.17, 15) is 8.42 Å². The predicted molar refractivity (Wildman–Crippen MR) is 119 cm³/mol. The summed E-state index contributed by atoms with van der Waals surface area (Å²) in [6.07, 6.45) is 7.60. The Morgan fingerprint density at radius 3 is 2.74 bits per heavy atom. The van der Waals surface area contributed by atoms with Gasteiger partial charge < -0.3 is 10.6 Å². The van der Waals surface area contributed by atoms with Crippen molar-refractivity contribution in [2.45, 2.75) is 51.6 Å². The quantitative estimate of drug-likeness (QED) is 0.361. The van der Waals surface area contributed by atoms with Gasteiger partial charge in [-0.2, -0.15) is 5.10 Å². The van der Waals surface area contributed by atoms with Crippen LogP contribution in [0.3, 0.4) is 0 Å². The van der Waals surface area contributed by atoms with Crippen molar-refractivity contribution in [1.82, 2.24) is 20.4 Å². The van der Waals surface area contributed by atoms with E-state index in [1.165, 1.54) is 19.3 Å². The summed E-state index contributed by atoms with van der Waals surface area (Å²) in [6, 6.07) is 2.39. The Morgan fingerprint density at radius 2 is 2.11 bits per heavy atom. The van der Waals surface area contributed by atoms with Gasteiger partial charge in [0, 0.05) is 25.8 Å². The van der Waals surface area contributed by atoms with Gasteiger partial charge in [0.05, 0.1) is 23.7 Å². The molecule has 2 N–H and O–H groups in total. The molecule has 3 rings (SSSR count). The SMILES string of the molecule is CC1CCCCC1NC(=NCc1ccn(C)n1)NCC1CCS(=O)(=O)C1.I. The summed E-state index contributed by atoms with van der Waals surface area (Å²) in [7, 11) is -0.947. The molecule has 9 heteroatoms. The zero-order chi connectivity index (χ0) is 18.6. The van der Waals surface area contributed by atoms with Crippen molar-refractivity contribution < 1.29 is 8.42 Å². The number of hydrogen-bond donors (Lipinski definition) is 2. The van der Waals surface area contributed by atoms with Crippen LogP contribution in [0.15, 0.2) is 17.3 Å². The third-order valence-electron chi connectivity index (χ3n) is 5.49. The van der Waals surface area contributed by atoms with Crippen LogP contribution in [-0.4, -0.2) is 48.3 Å². The number of halogens is 1. The number of hydrogen-bond acceptors (Lipinski definition) is 4. The minimum absolute atomic E-state index is 0. The zero-order valence-electron chi connectivity index (χ0n) is 16.2. The van der Waals surface area contributed by atoms with Crippen LogP contribution < -0.4 is 10.6 Å². The van der Waals surface area contributed by atoms with Gasteiger partial charge in [-0.3, -0.25) is 4.68 Å². The van der Waals surface area contributed by atoms with E-state index in [1.54, 1.807) is 4.68 Å². The predicted octanol–water partition coefficient (Wildman–Crippen LogP) is 2.09. The Hall–Kier alpha value is -0.840. The summed E-state index contributed by atoms with van der Waals surface area (Å²) < 4.78 is 25.1. The molecule has 1 aromatic rings. The van der Waals surface area contributed by atoms with E-state index in [4.69, 9.17) is 4.99 Å². The standard InChI is InChI=1S/C18H31N5O2S.HI/c1-14-5-3-4-6-17(14)21-18(20-12-16-7-9-23(2)22-16)19-11-15-8-10-26(24,25)13-15;/h7,9,14-15,17H,3-6,8,10-13H2,1-2H3,(H2,19,20,21);1H. The van der Waals surface area contributed by atoms with E-state index in [0.29, 0.717) is 30.8 Å². The summed E-state index contributed by atoms with van der Waals surface area (Å²) in [6.45, 7) is 3.45. The van der Waals surface area contributed by atoms with Crippen molar-refractivity contribution >= 4 is 39.8 Å². The highest BCUT2D eigenvalue weighted by molar-refractivity contribution is 14.0. The number of aromatic nitrogens is 2. The molecule has 1 saturated carbocycles. The molecule has 1 aromatic heterocycles. The highest BCUT2D eigenvalue weighted by atomic mass is 127. The second kappa shape index (κ2) is 10.1. The van der Waals surface area contributed by atoms with Crippen LogP contribution in [0.25, 0.3) is 0 Å². The summed E-state index contributed by atoms with van der Waals surface area (Å²) >= 11 is 0. The molecule has 1 aliphatic heterocycles. The van der Waals surface area contributed by atoms with Gasteiger partial charge in [0.1, 0.15) is 0 Å². The monoisotopic (exact) mass is 509 g/mol. The molecule has 3 atom stereocenters. The fraction of sp³-hybridized carbons (Fsp3) is 0.778. The largest absolute Gasteiger partial charge is 0.356 e. The highest BCUT2D eigenvalue weighted by Crippen LogP contribution is 2.23. The minimum Gasteiger partial charge on any atom is -0.356 e. The van der Waals surface area contributed by atoms with E-state index in [1.807, 2.05) is 19.3 Å². The Morgan fingerprint density at radius 1 is 1.33 bits per heavy atom. The van der Waals surface area contributed by atoms with E-state index < -0.39 is 9.84 Å². The molecule has 1 aliphatic carbocycles. The second-order valence-electron chi connectivity index (χ2n) is 7.81. The molecule has 1 saturated heterocycles. The number of rotatable bonds is 5. The number of guanidine groups is 1. The van der Waals surface area contributed by atoms with Crippen molar-refractivity contribution in [3.05, 3.63) is 18.0 Å². The average molecular weight is 509 g/mol. The molecule has 7 nitrogen and oxygen atoms in total. The fourth-order valence-corrected chi connectivity index (χ4v) is 5.70. The third-order valence-corrected chi connectivity index (χ3v) is 7.32. The van der Waals surface area contributed by atoms with Gasteiger partial charge in [0.25, 0.3) is 0 Å². The molecule has 154 valence electrons. The summed E-state index contributed by atoms with van der Waals surface area (Å²) in [5.41, 5.74) is 0.925. The van der Waals surface area contributed by atoms with Crippen LogP contribution >= 0.6 is 24.0 Å². The van der Waals surface area contributed by atoms with Gasteiger partial charge in [-0.15, -0.1) is 24.0 Å². The average Bonchev–Trinajstić information content (AvgIpc) is 3.17. The lowest BCUT2D eigenvalue weighted by Gasteiger charge is -2.31. The molecule has 0 radical (unpaired) electrons. The number of nitrogens with one attached hydrogen (secondary N) is 2. The van der Waals surface area contributed by atoms with Crippen LogP contribution in [0, 0.1) is 11.8 Å². The Labute approximate surface area is 179 Å². The lowest BCUT2D eigenvalue weighted by molar-refractivity contribution is 0.306. The van der Waals surface area contributed by atoms with E-state index in [2.05, 4.69) is 22.7 Å². The van der Waals surface area contributed by atoms with E-state index in [-0.39, 0.29) is 35.6 Å². The molecule has 27 heavy (non-hydrogen) atoms. The topological polar surface area (TPSA) is 88.4 Å². The first-order valence-electron chi connectivity index (χ1n) is 9.65. The molecule has 2 heterocycles. The maximum atomic E-state index is 11.7. The van der Waals surface area contributed by atoms with E-state index in [0.717, 1.165) is 24.5 Å². The Kier molecular flexibility index (Phi) is 8.39. The zero-order valence-corrected chi connectivity index (χ0v) is 19.4. The lowest BCUT2D eigenvalue weighted by Crippen LogP contribution is -2.48. The maximum absolute atomic E-state index is 11.7. The summed E-state index contributed by atoms with van der Waals surface area (Å²) in [5.74, 6) is 2.17. The molecule has 0 spiro atoms. The van der Waals surface area contributed by atoms with Crippen molar-refractivity contribution in [3.63, 3.8) is 0 Å². The molecular weight excluding hydrogens is 477 g/mol. The smallest absolute Gasteiger partial charge is 0.191 e. The number of aliphatic imine (C=N–C) groups is 1. The summed E-state index contributed by atoms with van der Waals surface area (Å²) in [4.78, 5) is 4.70. The van der Waals surface area contributed by atoms with Gasteiger partial charge >= 0.3 is 0 Å². The normalized spacial score (nSPS) is 27.8. The Bertz CT molecular complexity index is 734. The number of nitrogens with zero attached hydrogens (tertiary/aromatic N) is 3. The molecule has 0 bridgehead atoms. The molecule has 0 amide bonds. The Balaban J connectivity index is 0.00000261. The molecule has 3 unspecified atom stereocenters. The first-order chi connectivity index (χ1) is 12.4. The van der Waals surface area contributed by atoms with Gasteiger partial charge in [0.2, 0.25) is 0 Å². The third kappa shape index (κ3) is 6.92. The van der Waals surface area contributed by atoms with Gasteiger partial charge in [-0.25, -0.2) is 13.4 Å². The van der Waals surface area contributed by atoms with Crippen LogP contribution in [0.2, 0.25) is 0 Å². The number of sulfone groups is 1. The summed E-state index contributed by atoms with van der Waals surface area (Å²) in [5, 5.41) is 11.3. The lowest BCUT2D eigenvalue weighted by atomic mass is 9.86. The fourth-order valence-electron chi connectivity index (χ4n) is 3.84. The van der Waals surface area contributed by atoms with Crippen molar-refractivity contribution in [1.29, 1.82) is 0 Å². The number of aryl methyl sites for hydroxylation is 1. The highest BCUT2D eigenvalue weighted by Gasteiger charge is 2.28. The second-order valence-corrected chi connectivity index (χ2v) is 10.0. The van der Waals surface area contributed by atoms with Crippen LogP contribution in [0.1, 0.15) is 44.7 Å². The molecular formula is C18H32IN5O2S. The van der Waals surface area contributed by atoms with Crippen LogP contribution in [-0.2, 0) is 23.4 Å². The van der Waals surface area contributed by atoms with Gasteiger partial charge in [-0.1, -0.05) is 19.8 Å². The van der Waals surface area contributed by atoms with Gasteiger partial charge in [0.15, 0.2) is 15.8 Å². The van der Waals surface area contributed by atoms with Crippen molar-refractivity contribution in [3.8, 4) is 0 Å². The van der Waals surface area contributed by atoms with E-state index >= 15 is 0 Å². The minimum atomic E-state index is -2.84. The molecule has 2 aliphatic rings. The van der Waals surface area contributed by atoms with Crippen molar-refractivity contribution in [2.24, 2.45) is 23.9 Å². The van der Waals surface area contributed by atoms with Gasteiger partial charge in [-0.05, 0) is 37.2 Å². The van der Waals surface area contributed by atoms with Crippen LogP contribution in [0.4, 0.5) is 0 Å². The molecule has 2 fully saturated rings. The maximum Gasteiger partial charge on any atom is 0.191 e. The first-order valence-corrected chi connectivity index (χ1v) is 11.5. The van der Waals surface area contributed by atoms with Crippen LogP contribution in [0.5, 0.6) is 0 Å². The molecule has 0 aromatic carbocycles.